The van der Waals surface area contributed by atoms with Gasteiger partial charge in [-0.1, -0.05) is 32.0 Å². The number of rotatable bonds is 3. The molecule has 1 aromatic rings. The monoisotopic (exact) mass is 177 g/mol. The summed E-state index contributed by atoms with van der Waals surface area (Å²) in [6, 6.07) is 9.53. The van der Waals surface area contributed by atoms with Gasteiger partial charge in [-0.3, -0.25) is 4.79 Å². The van der Waals surface area contributed by atoms with Crippen molar-refractivity contribution >= 4 is 11.6 Å². The number of para-hydroxylation sites is 1. The summed E-state index contributed by atoms with van der Waals surface area (Å²) < 4.78 is 0. The molecule has 0 saturated carbocycles. The van der Waals surface area contributed by atoms with E-state index in [1.165, 1.54) is 0 Å². The average Bonchev–Trinajstić information content (AvgIpc) is 2.18. The van der Waals surface area contributed by atoms with Crippen LogP contribution in [0.1, 0.15) is 20.3 Å². The zero-order valence-electron chi connectivity index (χ0n) is 8.08. The molecular weight excluding hydrogens is 162 g/mol. The summed E-state index contributed by atoms with van der Waals surface area (Å²) >= 11 is 0. The van der Waals surface area contributed by atoms with E-state index in [1.807, 2.05) is 44.2 Å². The second-order valence-corrected chi connectivity index (χ2v) is 3.16. The summed E-state index contributed by atoms with van der Waals surface area (Å²) in [5.41, 5.74) is 0.868. The van der Waals surface area contributed by atoms with Crippen molar-refractivity contribution in [2.45, 2.75) is 20.3 Å². The maximum Gasteiger partial charge on any atom is 0.227 e. The molecule has 1 aromatic carbocycles. The molecule has 2 nitrogen and oxygen atoms in total. The van der Waals surface area contributed by atoms with E-state index in [2.05, 4.69) is 5.32 Å². The van der Waals surface area contributed by atoms with E-state index in [9.17, 15) is 4.79 Å². The van der Waals surface area contributed by atoms with Gasteiger partial charge in [0.1, 0.15) is 0 Å². The molecule has 0 heterocycles. The molecule has 0 unspecified atom stereocenters. The Morgan fingerprint density at radius 3 is 2.54 bits per heavy atom. The Hall–Kier alpha value is -1.31. The SMILES string of the molecule is CC[C@H](C)C(=O)Nc1ccccc1. The predicted octanol–water partition coefficient (Wildman–Crippen LogP) is 2.67. The Labute approximate surface area is 79.0 Å². The van der Waals surface area contributed by atoms with Gasteiger partial charge >= 0.3 is 0 Å². The Morgan fingerprint density at radius 2 is 2.00 bits per heavy atom. The summed E-state index contributed by atoms with van der Waals surface area (Å²) in [4.78, 5) is 11.4. The molecule has 1 amide bonds. The lowest BCUT2D eigenvalue weighted by atomic mass is 10.1. The molecule has 0 saturated heterocycles. The molecular formula is C11H15NO. The van der Waals surface area contributed by atoms with Gasteiger partial charge in [0, 0.05) is 11.6 Å². The first-order chi connectivity index (χ1) is 6.24. The smallest absolute Gasteiger partial charge is 0.227 e. The van der Waals surface area contributed by atoms with Crippen molar-refractivity contribution in [3.63, 3.8) is 0 Å². The van der Waals surface area contributed by atoms with Gasteiger partial charge in [-0.15, -0.1) is 0 Å². The maximum absolute atomic E-state index is 11.4. The minimum atomic E-state index is 0.0835. The van der Waals surface area contributed by atoms with Gasteiger partial charge in [-0.2, -0.15) is 0 Å². The lowest BCUT2D eigenvalue weighted by Gasteiger charge is -2.09. The summed E-state index contributed by atoms with van der Waals surface area (Å²) in [7, 11) is 0. The van der Waals surface area contributed by atoms with Gasteiger partial charge in [-0.05, 0) is 18.6 Å². The van der Waals surface area contributed by atoms with Gasteiger partial charge in [0.25, 0.3) is 0 Å². The van der Waals surface area contributed by atoms with Crippen LogP contribution in [0.4, 0.5) is 5.69 Å². The van der Waals surface area contributed by atoms with Crippen LogP contribution in [-0.2, 0) is 4.79 Å². The fourth-order valence-corrected chi connectivity index (χ4v) is 0.972. The van der Waals surface area contributed by atoms with Gasteiger partial charge in [0.05, 0.1) is 0 Å². The zero-order valence-corrected chi connectivity index (χ0v) is 8.08. The number of hydrogen-bond donors (Lipinski definition) is 1. The Morgan fingerprint density at radius 1 is 1.38 bits per heavy atom. The largest absolute Gasteiger partial charge is 0.326 e. The number of amides is 1. The second kappa shape index (κ2) is 4.65. The molecule has 0 aliphatic carbocycles. The third kappa shape index (κ3) is 2.90. The van der Waals surface area contributed by atoms with Crippen LogP contribution >= 0.6 is 0 Å². The highest BCUT2D eigenvalue weighted by atomic mass is 16.1. The molecule has 1 rings (SSSR count). The van der Waals surface area contributed by atoms with Crippen molar-refractivity contribution in [1.29, 1.82) is 0 Å². The Bertz CT molecular complexity index is 269. The molecule has 0 fully saturated rings. The number of carbonyl (C=O) groups excluding carboxylic acids is 1. The summed E-state index contributed by atoms with van der Waals surface area (Å²) in [5.74, 6) is 0.175. The molecule has 0 aromatic heterocycles. The summed E-state index contributed by atoms with van der Waals surface area (Å²) in [6.45, 7) is 3.94. The van der Waals surface area contributed by atoms with Gasteiger partial charge < -0.3 is 5.32 Å². The van der Waals surface area contributed by atoms with E-state index in [0.717, 1.165) is 12.1 Å². The van der Waals surface area contributed by atoms with Crippen LogP contribution in [-0.4, -0.2) is 5.91 Å². The van der Waals surface area contributed by atoms with E-state index in [4.69, 9.17) is 0 Å². The molecule has 70 valence electrons. The molecule has 1 atom stereocenters. The minimum absolute atomic E-state index is 0.0835. The van der Waals surface area contributed by atoms with E-state index >= 15 is 0 Å². The van der Waals surface area contributed by atoms with Gasteiger partial charge in [0.15, 0.2) is 0 Å². The molecule has 0 spiro atoms. The van der Waals surface area contributed by atoms with Crippen molar-refractivity contribution in [3.8, 4) is 0 Å². The topological polar surface area (TPSA) is 29.1 Å². The number of benzene rings is 1. The normalized spacial score (nSPS) is 12.2. The Kier molecular flexibility index (Phi) is 3.50. The number of anilines is 1. The molecule has 0 radical (unpaired) electrons. The van der Waals surface area contributed by atoms with Gasteiger partial charge in [-0.25, -0.2) is 0 Å². The molecule has 0 aliphatic heterocycles. The third-order valence-electron chi connectivity index (χ3n) is 2.10. The van der Waals surface area contributed by atoms with Crippen molar-refractivity contribution in [3.05, 3.63) is 30.3 Å². The molecule has 0 bridgehead atoms. The standard InChI is InChI=1S/C11H15NO/c1-3-9(2)11(13)12-10-7-5-4-6-8-10/h4-9H,3H2,1-2H3,(H,12,13)/t9-/m0/s1. The van der Waals surface area contributed by atoms with Crippen LogP contribution in [0.15, 0.2) is 30.3 Å². The van der Waals surface area contributed by atoms with Crippen LogP contribution in [0.25, 0.3) is 0 Å². The number of nitrogens with one attached hydrogen (secondary N) is 1. The molecule has 0 aliphatic rings. The van der Waals surface area contributed by atoms with E-state index in [1.54, 1.807) is 0 Å². The first-order valence-electron chi connectivity index (χ1n) is 4.60. The quantitative estimate of drug-likeness (QED) is 0.755. The van der Waals surface area contributed by atoms with E-state index in [0.29, 0.717) is 0 Å². The van der Waals surface area contributed by atoms with Crippen LogP contribution in [0.2, 0.25) is 0 Å². The average molecular weight is 177 g/mol. The van der Waals surface area contributed by atoms with Crippen molar-refractivity contribution in [1.82, 2.24) is 0 Å². The van der Waals surface area contributed by atoms with Crippen molar-refractivity contribution < 1.29 is 4.79 Å². The van der Waals surface area contributed by atoms with Crippen molar-refractivity contribution in [2.24, 2.45) is 5.92 Å². The first kappa shape index (κ1) is 9.78. The molecule has 1 N–H and O–H groups in total. The predicted molar refractivity (Wildman–Crippen MR) is 54.5 cm³/mol. The summed E-state index contributed by atoms with van der Waals surface area (Å²) in [5, 5.41) is 2.85. The highest BCUT2D eigenvalue weighted by Gasteiger charge is 2.09. The van der Waals surface area contributed by atoms with Crippen LogP contribution < -0.4 is 5.32 Å². The van der Waals surface area contributed by atoms with Crippen LogP contribution in [0, 0.1) is 5.92 Å². The van der Waals surface area contributed by atoms with Crippen LogP contribution in [0.5, 0.6) is 0 Å². The van der Waals surface area contributed by atoms with E-state index < -0.39 is 0 Å². The molecule has 2 heteroatoms. The van der Waals surface area contributed by atoms with Crippen molar-refractivity contribution in [2.75, 3.05) is 5.32 Å². The fraction of sp³-hybridized carbons (Fsp3) is 0.364. The lowest BCUT2D eigenvalue weighted by molar-refractivity contribution is -0.119. The lowest BCUT2D eigenvalue weighted by Crippen LogP contribution is -2.19. The highest BCUT2D eigenvalue weighted by Crippen LogP contribution is 2.08. The number of hydrogen-bond acceptors (Lipinski definition) is 1. The molecule has 13 heavy (non-hydrogen) atoms. The maximum atomic E-state index is 11.4. The van der Waals surface area contributed by atoms with Crippen LogP contribution in [0.3, 0.4) is 0 Å². The van der Waals surface area contributed by atoms with Gasteiger partial charge in [0.2, 0.25) is 5.91 Å². The second-order valence-electron chi connectivity index (χ2n) is 3.16. The Balaban J connectivity index is 2.55. The minimum Gasteiger partial charge on any atom is -0.326 e. The fourth-order valence-electron chi connectivity index (χ4n) is 0.972. The highest BCUT2D eigenvalue weighted by molar-refractivity contribution is 5.92. The first-order valence-corrected chi connectivity index (χ1v) is 4.60. The summed E-state index contributed by atoms with van der Waals surface area (Å²) in [6.07, 6.45) is 0.874. The van der Waals surface area contributed by atoms with E-state index in [-0.39, 0.29) is 11.8 Å². The number of carbonyl (C=O) groups is 1. The zero-order chi connectivity index (χ0) is 9.68. The third-order valence-corrected chi connectivity index (χ3v) is 2.10.